The van der Waals surface area contributed by atoms with E-state index < -0.39 is 21.0 Å². The summed E-state index contributed by atoms with van der Waals surface area (Å²) in [7, 11) is -8.02. The minimum absolute atomic E-state index is 0.0282. The molecule has 9 heteroatoms. The number of para-hydroxylation sites is 1. The quantitative estimate of drug-likeness (QED) is 0.521. The fourth-order valence-electron chi connectivity index (χ4n) is 1.97. The molecule has 0 saturated carbocycles. The van der Waals surface area contributed by atoms with Gasteiger partial charge in [-0.2, -0.15) is 0 Å². The van der Waals surface area contributed by atoms with Crippen LogP contribution in [0.25, 0.3) is 5.76 Å². The van der Waals surface area contributed by atoms with Gasteiger partial charge >= 0.3 is 15.2 Å². The van der Waals surface area contributed by atoms with Crippen LogP contribution in [0.2, 0.25) is 0 Å². The zero-order chi connectivity index (χ0) is 18.5. The molecule has 0 aliphatic rings. The number of nitrogens with one attached hydrogen (secondary N) is 1. The lowest BCUT2D eigenvalue weighted by Crippen LogP contribution is -1.99. The largest absolute Gasteiger partial charge is 0.422 e. The SMILES string of the molecule is CP(=O)(O)OP(C)(=O)OC(=CNc1ccccc1)c1ccccc1F. The topological polar surface area (TPSA) is 84.9 Å². The van der Waals surface area contributed by atoms with Crippen LogP contribution in [-0.4, -0.2) is 18.2 Å². The van der Waals surface area contributed by atoms with Crippen LogP contribution >= 0.6 is 15.2 Å². The van der Waals surface area contributed by atoms with Crippen molar-refractivity contribution in [3.63, 3.8) is 0 Å². The molecule has 0 amide bonds. The molecule has 0 aliphatic carbocycles. The van der Waals surface area contributed by atoms with Crippen LogP contribution in [-0.2, 0) is 18.0 Å². The van der Waals surface area contributed by atoms with E-state index in [0.29, 0.717) is 5.69 Å². The van der Waals surface area contributed by atoms with Gasteiger partial charge in [0.25, 0.3) is 0 Å². The van der Waals surface area contributed by atoms with Gasteiger partial charge in [-0.3, -0.25) is 4.57 Å². The van der Waals surface area contributed by atoms with Crippen molar-refractivity contribution in [3.8, 4) is 0 Å². The zero-order valence-corrected chi connectivity index (χ0v) is 15.4. The van der Waals surface area contributed by atoms with Crippen LogP contribution in [0.1, 0.15) is 5.56 Å². The first-order valence-electron chi connectivity index (χ1n) is 7.22. The molecule has 0 radical (unpaired) electrons. The molecule has 2 rings (SSSR count). The molecule has 2 atom stereocenters. The van der Waals surface area contributed by atoms with E-state index in [9.17, 15) is 18.4 Å². The minimum Gasteiger partial charge on any atom is -0.422 e. The molecular weight excluding hydrogens is 367 g/mol. The third kappa shape index (κ3) is 6.48. The molecule has 2 aromatic rings. The molecule has 0 heterocycles. The molecule has 0 saturated heterocycles. The maximum Gasteiger partial charge on any atom is 0.383 e. The van der Waals surface area contributed by atoms with Crippen molar-refractivity contribution in [1.29, 1.82) is 0 Å². The summed E-state index contributed by atoms with van der Waals surface area (Å²) < 4.78 is 47.7. The first-order valence-corrected chi connectivity index (χ1v) is 11.2. The lowest BCUT2D eigenvalue weighted by Gasteiger charge is -2.19. The van der Waals surface area contributed by atoms with Gasteiger partial charge in [0.1, 0.15) is 5.82 Å². The Morgan fingerprint density at radius 1 is 1.08 bits per heavy atom. The van der Waals surface area contributed by atoms with Gasteiger partial charge in [-0.25, -0.2) is 13.3 Å². The first-order chi connectivity index (χ1) is 11.7. The summed E-state index contributed by atoms with van der Waals surface area (Å²) in [6, 6.07) is 14.7. The summed E-state index contributed by atoms with van der Waals surface area (Å²) in [5.41, 5.74) is 0.718. The second kappa shape index (κ2) is 7.98. The van der Waals surface area contributed by atoms with Crippen LogP contribution in [0.4, 0.5) is 10.1 Å². The van der Waals surface area contributed by atoms with Gasteiger partial charge in [0.2, 0.25) is 0 Å². The van der Waals surface area contributed by atoms with E-state index in [-0.39, 0.29) is 11.3 Å². The fraction of sp³-hybridized carbons (Fsp3) is 0.125. The maximum atomic E-state index is 14.1. The van der Waals surface area contributed by atoms with Crippen LogP contribution in [0.5, 0.6) is 0 Å². The molecule has 25 heavy (non-hydrogen) atoms. The molecule has 0 aliphatic heterocycles. The summed E-state index contributed by atoms with van der Waals surface area (Å²) in [4.78, 5) is 9.27. The second-order valence-corrected chi connectivity index (χ2v) is 9.23. The van der Waals surface area contributed by atoms with E-state index in [2.05, 4.69) is 9.63 Å². The first kappa shape index (κ1) is 19.4. The van der Waals surface area contributed by atoms with E-state index in [0.717, 1.165) is 13.3 Å². The van der Waals surface area contributed by atoms with Crippen molar-refractivity contribution in [2.24, 2.45) is 0 Å². The number of halogens is 1. The fourth-order valence-corrected chi connectivity index (χ4v) is 4.81. The van der Waals surface area contributed by atoms with Gasteiger partial charge in [-0.15, -0.1) is 0 Å². The maximum absolute atomic E-state index is 14.1. The zero-order valence-electron chi connectivity index (χ0n) is 13.6. The van der Waals surface area contributed by atoms with E-state index in [1.165, 1.54) is 24.4 Å². The molecule has 0 bridgehead atoms. The molecule has 6 nitrogen and oxygen atoms in total. The number of hydrogen-bond acceptors (Lipinski definition) is 5. The molecule has 134 valence electrons. The summed E-state index contributed by atoms with van der Waals surface area (Å²) >= 11 is 0. The van der Waals surface area contributed by atoms with Crippen LogP contribution in [0.3, 0.4) is 0 Å². The van der Waals surface area contributed by atoms with E-state index in [4.69, 9.17) is 4.52 Å². The van der Waals surface area contributed by atoms with E-state index in [1.54, 1.807) is 30.3 Å². The molecule has 0 fully saturated rings. The summed E-state index contributed by atoms with van der Waals surface area (Å²) in [5, 5.41) is 2.89. The average Bonchev–Trinajstić information content (AvgIpc) is 2.50. The third-order valence-electron chi connectivity index (χ3n) is 2.85. The Hall–Kier alpha value is -1.91. The number of anilines is 1. The number of rotatable bonds is 7. The summed E-state index contributed by atoms with van der Waals surface area (Å²) in [6.07, 6.45) is 1.31. The van der Waals surface area contributed by atoms with Gasteiger partial charge in [-0.05, 0) is 24.3 Å². The van der Waals surface area contributed by atoms with Crippen LogP contribution in [0.15, 0.2) is 60.8 Å². The van der Waals surface area contributed by atoms with Crippen molar-refractivity contribution in [1.82, 2.24) is 0 Å². The number of benzene rings is 2. The Bertz CT molecular complexity index is 851. The van der Waals surface area contributed by atoms with Crippen molar-refractivity contribution in [3.05, 3.63) is 72.2 Å². The van der Waals surface area contributed by atoms with E-state index >= 15 is 0 Å². The van der Waals surface area contributed by atoms with Gasteiger partial charge in [0.05, 0.1) is 12.2 Å². The van der Waals surface area contributed by atoms with Crippen molar-refractivity contribution < 1.29 is 27.2 Å². The van der Waals surface area contributed by atoms with E-state index in [1.807, 2.05) is 6.07 Å². The Morgan fingerprint density at radius 2 is 1.68 bits per heavy atom. The van der Waals surface area contributed by atoms with Gasteiger partial charge in [-0.1, -0.05) is 30.3 Å². The third-order valence-corrected chi connectivity index (χ3v) is 5.77. The lowest BCUT2D eigenvalue weighted by atomic mass is 10.2. The second-order valence-electron chi connectivity index (χ2n) is 5.25. The van der Waals surface area contributed by atoms with Crippen LogP contribution < -0.4 is 5.32 Å². The van der Waals surface area contributed by atoms with Crippen LogP contribution in [0, 0.1) is 5.82 Å². The highest BCUT2D eigenvalue weighted by Crippen LogP contribution is 2.60. The Labute approximate surface area is 145 Å². The molecule has 2 aromatic carbocycles. The normalized spacial score (nSPS) is 16.6. The molecule has 2 unspecified atom stereocenters. The molecular formula is C16H18FNO5P2. The predicted octanol–water partition coefficient (Wildman–Crippen LogP) is 4.91. The summed E-state index contributed by atoms with van der Waals surface area (Å²) in [5.74, 6) is -0.728. The average molecular weight is 385 g/mol. The Kier molecular flexibility index (Phi) is 6.20. The Balaban J connectivity index is 2.34. The smallest absolute Gasteiger partial charge is 0.383 e. The highest BCUT2D eigenvalue weighted by atomic mass is 31.3. The van der Waals surface area contributed by atoms with Gasteiger partial charge < -0.3 is 14.7 Å². The highest BCUT2D eigenvalue weighted by Gasteiger charge is 2.29. The summed E-state index contributed by atoms with van der Waals surface area (Å²) in [6.45, 7) is 1.93. The van der Waals surface area contributed by atoms with Gasteiger partial charge in [0, 0.05) is 18.6 Å². The predicted molar refractivity (Wildman–Crippen MR) is 95.9 cm³/mol. The monoisotopic (exact) mass is 385 g/mol. The number of hydrogen-bond donors (Lipinski definition) is 2. The van der Waals surface area contributed by atoms with Crippen molar-refractivity contribution in [2.45, 2.75) is 0 Å². The molecule has 0 spiro atoms. The highest BCUT2D eigenvalue weighted by molar-refractivity contribution is 7.66. The Morgan fingerprint density at radius 3 is 2.28 bits per heavy atom. The lowest BCUT2D eigenvalue weighted by molar-refractivity contribution is 0.335. The molecule has 2 N–H and O–H groups in total. The van der Waals surface area contributed by atoms with Crippen molar-refractivity contribution >= 4 is 26.6 Å². The van der Waals surface area contributed by atoms with Gasteiger partial charge in [0.15, 0.2) is 5.76 Å². The standard InChI is InChI=1S/C16H18FNO5P2/c1-24(19,20)23-25(2,21)22-16(14-10-6-7-11-15(14)17)12-18-13-8-4-3-5-9-13/h3-12,18H,1-2H3,(H,19,20). The van der Waals surface area contributed by atoms with Crippen molar-refractivity contribution in [2.75, 3.05) is 18.6 Å². The minimum atomic E-state index is -4.05. The molecule has 0 aromatic heterocycles.